The van der Waals surface area contributed by atoms with Crippen molar-refractivity contribution in [3.63, 3.8) is 0 Å². The fourth-order valence-electron chi connectivity index (χ4n) is 5.22. The van der Waals surface area contributed by atoms with E-state index in [2.05, 4.69) is 28.9 Å². The van der Waals surface area contributed by atoms with Gasteiger partial charge in [0.15, 0.2) is 5.82 Å². The monoisotopic (exact) mass is 390 g/mol. The number of likely N-dealkylation sites (tertiary alicyclic amines) is 1. The summed E-state index contributed by atoms with van der Waals surface area (Å²) in [5.74, 6) is 2.51. The minimum Gasteiger partial charge on any atom is -0.356 e. The van der Waals surface area contributed by atoms with Crippen LogP contribution in [0.2, 0.25) is 0 Å². The number of aromatic nitrogens is 2. The van der Waals surface area contributed by atoms with E-state index in [0.29, 0.717) is 11.9 Å². The topological polar surface area (TPSA) is 49.3 Å². The molecule has 0 spiro atoms. The maximum atomic E-state index is 13.0. The average Bonchev–Trinajstić information content (AvgIpc) is 3.42. The molecular weight excluding hydrogens is 360 g/mol. The number of hydrogen-bond donors (Lipinski definition) is 0. The lowest BCUT2D eigenvalue weighted by atomic mass is 9.94. The molecule has 0 radical (unpaired) electrons. The lowest BCUT2D eigenvalue weighted by Gasteiger charge is -2.35. The van der Waals surface area contributed by atoms with E-state index in [1.807, 2.05) is 18.2 Å². The number of anilines is 1. The van der Waals surface area contributed by atoms with E-state index in [-0.39, 0.29) is 5.92 Å². The van der Waals surface area contributed by atoms with Crippen LogP contribution in [-0.2, 0) is 17.6 Å². The molecule has 0 bridgehead atoms. The van der Waals surface area contributed by atoms with E-state index in [9.17, 15) is 4.79 Å². The van der Waals surface area contributed by atoms with Gasteiger partial charge < -0.3 is 9.80 Å². The fourth-order valence-corrected chi connectivity index (χ4v) is 5.22. The van der Waals surface area contributed by atoms with Crippen LogP contribution in [0, 0.1) is 5.92 Å². The molecule has 0 unspecified atom stereocenters. The highest BCUT2D eigenvalue weighted by atomic mass is 16.2. The van der Waals surface area contributed by atoms with Gasteiger partial charge in [-0.1, -0.05) is 30.3 Å². The Morgan fingerprint density at radius 2 is 1.76 bits per heavy atom. The molecule has 2 aromatic rings. The van der Waals surface area contributed by atoms with Crippen LogP contribution in [0.3, 0.4) is 0 Å². The number of carbonyl (C=O) groups is 1. The number of piperidine rings is 1. The molecule has 2 saturated heterocycles. The van der Waals surface area contributed by atoms with Gasteiger partial charge in [-0.25, -0.2) is 9.97 Å². The molecule has 1 atom stereocenters. The van der Waals surface area contributed by atoms with Crippen LogP contribution >= 0.6 is 0 Å². The van der Waals surface area contributed by atoms with Crippen molar-refractivity contribution < 1.29 is 4.79 Å². The van der Waals surface area contributed by atoms with Crippen LogP contribution in [0.4, 0.5) is 5.82 Å². The summed E-state index contributed by atoms with van der Waals surface area (Å²) in [6, 6.07) is 10.7. The van der Waals surface area contributed by atoms with E-state index in [0.717, 1.165) is 81.8 Å². The van der Waals surface area contributed by atoms with Crippen molar-refractivity contribution >= 4 is 11.7 Å². The Morgan fingerprint density at radius 3 is 2.48 bits per heavy atom. The third-order valence-electron chi connectivity index (χ3n) is 6.92. The Morgan fingerprint density at radius 1 is 0.966 bits per heavy atom. The van der Waals surface area contributed by atoms with Crippen molar-refractivity contribution in [3.05, 3.63) is 41.6 Å². The zero-order valence-corrected chi connectivity index (χ0v) is 17.3. The summed E-state index contributed by atoms with van der Waals surface area (Å²) in [5.41, 5.74) is 3.64. The van der Waals surface area contributed by atoms with Gasteiger partial charge in [-0.3, -0.25) is 4.79 Å². The fraction of sp³-hybridized carbons (Fsp3) is 0.542. The zero-order valence-electron chi connectivity index (χ0n) is 17.3. The molecule has 1 aliphatic carbocycles. The van der Waals surface area contributed by atoms with Gasteiger partial charge in [0.1, 0.15) is 5.82 Å². The van der Waals surface area contributed by atoms with Crippen molar-refractivity contribution in [2.24, 2.45) is 5.92 Å². The summed E-state index contributed by atoms with van der Waals surface area (Å²) in [7, 11) is 0. The van der Waals surface area contributed by atoms with Crippen molar-refractivity contribution in [2.75, 3.05) is 24.5 Å². The van der Waals surface area contributed by atoms with E-state index in [1.165, 1.54) is 11.3 Å². The third-order valence-corrected chi connectivity index (χ3v) is 6.92. The Bertz CT molecular complexity index is 889. The molecule has 5 heteroatoms. The highest BCUT2D eigenvalue weighted by molar-refractivity contribution is 5.79. The molecule has 0 saturated carbocycles. The molecule has 152 valence electrons. The molecule has 3 aliphatic rings. The largest absolute Gasteiger partial charge is 0.356 e. The van der Waals surface area contributed by atoms with Gasteiger partial charge in [-0.15, -0.1) is 0 Å². The molecule has 3 heterocycles. The maximum absolute atomic E-state index is 13.0. The molecule has 0 N–H and O–H groups in total. The number of rotatable bonds is 3. The van der Waals surface area contributed by atoms with Crippen molar-refractivity contribution in [2.45, 2.75) is 57.9 Å². The number of aryl methyl sites for hydroxylation is 1. The number of nitrogens with zero attached hydrogens (tertiary/aromatic N) is 4. The van der Waals surface area contributed by atoms with Gasteiger partial charge in [0.2, 0.25) is 5.91 Å². The molecule has 5 nitrogen and oxygen atoms in total. The molecule has 5 rings (SSSR count). The normalized spacial score (nSPS) is 22.2. The molecule has 2 aliphatic heterocycles. The Kier molecular flexibility index (Phi) is 4.98. The van der Waals surface area contributed by atoms with Gasteiger partial charge in [0.05, 0.1) is 0 Å². The first-order valence-electron chi connectivity index (χ1n) is 11.2. The van der Waals surface area contributed by atoms with Crippen molar-refractivity contribution in [1.82, 2.24) is 14.9 Å². The summed E-state index contributed by atoms with van der Waals surface area (Å²) in [6.07, 6.45) is 7.46. The Balaban J connectivity index is 1.35. The standard InChI is InChI=1S/C24H30N4O/c1-17-7-6-14-28(17)24(29)19-12-15-27(16-13-19)23-20-10-5-11-21(20)25-22(26-23)18-8-3-2-4-9-18/h2-4,8-9,17,19H,5-7,10-16H2,1H3/t17-/m1/s1. The van der Waals surface area contributed by atoms with Crippen LogP contribution in [0.15, 0.2) is 30.3 Å². The lowest BCUT2D eigenvalue weighted by Crippen LogP contribution is -2.44. The molecular formula is C24H30N4O. The second kappa shape index (κ2) is 7.77. The van der Waals surface area contributed by atoms with Crippen LogP contribution in [0.5, 0.6) is 0 Å². The van der Waals surface area contributed by atoms with Crippen molar-refractivity contribution in [1.29, 1.82) is 0 Å². The average molecular weight is 391 g/mol. The van der Waals surface area contributed by atoms with Gasteiger partial charge in [0, 0.05) is 48.4 Å². The number of amides is 1. The summed E-state index contributed by atoms with van der Waals surface area (Å²) in [4.78, 5) is 27.4. The van der Waals surface area contributed by atoms with Crippen LogP contribution in [-0.4, -0.2) is 46.5 Å². The molecule has 29 heavy (non-hydrogen) atoms. The van der Waals surface area contributed by atoms with Gasteiger partial charge >= 0.3 is 0 Å². The van der Waals surface area contributed by atoms with Crippen LogP contribution in [0.1, 0.15) is 50.3 Å². The number of fused-ring (bicyclic) bond motifs is 1. The minimum absolute atomic E-state index is 0.176. The maximum Gasteiger partial charge on any atom is 0.226 e. The SMILES string of the molecule is C[C@@H]1CCCN1C(=O)C1CCN(c2nc(-c3ccccc3)nc3c2CCC3)CC1. The highest BCUT2D eigenvalue weighted by Gasteiger charge is 2.34. The predicted molar refractivity (Wildman–Crippen MR) is 115 cm³/mol. The summed E-state index contributed by atoms with van der Waals surface area (Å²) >= 11 is 0. The van der Waals surface area contributed by atoms with E-state index in [1.54, 1.807) is 0 Å². The third kappa shape index (κ3) is 3.52. The van der Waals surface area contributed by atoms with E-state index in [4.69, 9.17) is 9.97 Å². The zero-order chi connectivity index (χ0) is 19.8. The summed E-state index contributed by atoms with van der Waals surface area (Å²) < 4.78 is 0. The quantitative estimate of drug-likeness (QED) is 0.799. The van der Waals surface area contributed by atoms with Gasteiger partial charge in [-0.2, -0.15) is 0 Å². The second-order valence-corrected chi connectivity index (χ2v) is 8.80. The molecule has 2 fully saturated rings. The van der Waals surface area contributed by atoms with Gasteiger partial charge in [-0.05, 0) is 51.9 Å². The molecule has 1 amide bonds. The van der Waals surface area contributed by atoms with Crippen LogP contribution in [0.25, 0.3) is 11.4 Å². The number of benzene rings is 1. The van der Waals surface area contributed by atoms with E-state index < -0.39 is 0 Å². The highest BCUT2D eigenvalue weighted by Crippen LogP contribution is 2.34. The number of carbonyl (C=O) groups excluding carboxylic acids is 1. The predicted octanol–water partition coefficient (Wildman–Crippen LogP) is 3.86. The minimum atomic E-state index is 0.176. The Labute approximate surface area is 173 Å². The second-order valence-electron chi connectivity index (χ2n) is 8.80. The van der Waals surface area contributed by atoms with Crippen LogP contribution < -0.4 is 4.90 Å². The first-order valence-corrected chi connectivity index (χ1v) is 11.2. The van der Waals surface area contributed by atoms with E-state index >= 15 is 0 Å². The Hall–Kier alpha value is -2.43. The first-order chi connectivity index (χ1) is 14.2. The number of hydrogen-bond acceptors (Lipinski definition) is 4. The smallest absolute Gasteiger partial charge is 0.226 e. The summed E-state index contributed by atoms with van der Waals surface area (Å²) in [5, 5.41) is 0. The van der Waals surface area contributed by atoms with Crippen molar-refractivity contribution in [3.8, 4) is 11.4 Å². The summed E-state index contributed by atoms with van der Waals surface area (Å²) in [6.45, 7) is 4.96. The first kappa shape index (κ1) is 18.6. The molecule has 1 aromatic heterocycles. The van der Waals surface area contributed by atoms with Gasteiger partial charge in [0.25, 0.3) is 0 Å². The molecule has 1 aromatic carbocycles. The lowest BCUT2D eigenvalue weighted by molar-refractivity contribution is -0.136.